The standard InChI is InChI=1S/C33H31N3/c1-22(2)26-12-9-13-27(23(3)4)32(26)35-21-20-34-33(35)24-16-18-25(19-17-24)36-30-14-7-5-10-28(30)29-11-6-8-15-31(29)36/h5-23H,1-4H3. The lowest BCUT2D eigenvalue weighted by Crippen LogP contribution is -2.07. The molecule has 0 aliphatic heterocycles. The molecule has 0 bridgehead atoms. The van der Waals surface area contributed by atoms with Crippen molar-refractivity contribution in [3.05, 3.63) is 115 Å². The van der Waals surface area contributed by atoms with Gasteiger partial charge in [-0.1, -0.05) is 82.3 Å². The minimum absolute atomic E-state index is 0.423. The van der Waals surface area contributed by atoms with Crippen LogP contribution in [-0.4, -0.2) is 14.1 Å². The zero-order chi connectivity index (χ0) is 24.8. The fourth-order valence-corrected chi connectivity index (χ4v) is 5.45. The number of rotatable bonds is 5. The molecule has 4 aromatic carbocycles. The fraction of sp³-hybridized carbons (Fsp3) is 0.182. The SMILES string of the molecule is CC(C)c1cccc(C(C)C)c1-n1ccnc1-c1ccc(-n2c3ccccc3c3ccccc32)cc1. The second kappa shape index (κ2) is 8.83. The third-order valence-electron chi connectivity index (χ3n) is 7.19. The van der Waals surface area contributed by atoms with Gasteiger partial charge in [-0.25, -0.2) is 4.98 Å². The Labute approximate surface area is 212 Å². The Morgan fingerprint density at radius 1 is 0.611 bits per heavy atom. The van der Waals surface area contributed by atoms with E-state index in [2.05, 4.69) is 134 Å². The van der Waals surface area contributed by atoms with Crippen LogP contribution < -0.4 is 0 Å². The third kappa shape index (κ3) is 3.54. The Balaban J connectivity index is 1.49. The van der Waals surface area contributed by atoms with Gasteiger partial charge in [0.1, 0.15) is 5.82 Å². The van der Waals surface area contributed by atoms with Crippen molar-refractivity contribution in [3.63, 3.8) is 0 Å². The summed E-state index contributed by atoms with van der Waals surface area (Å²) >= 11 is 0. The highest BCUT2D eigenvalue weighted by Gasteiger charge is 2.19. The van der Waals surface area contributed by atoms with Crippen LogP contribution in [0.5, 0.6) is 0 Å². The van der Waals surface area contributed by atoms with Crippen LogP contribution in [0.2, 0.25) is 0 Å². The van der Waals surface area contributed by atoms with Crippen molar-refractivity contribution in [3.8, 4) is 22.8 Å². The van der Waals surface area contributed by atoms with Crippen molar-refractivity contribution in [1.29, 1.82) is 0 Å². The molecule has 6 aromatic rings. The third-order valence-corrected chi connectivity index (χ3v) is 7.19. The molecule has 0 amide bonds. The largest absolute Gasteiger partial charge is 0.309 e. The molecule has 0 unspecified atom stereocenters. The summed E-state index contributed by atoms with van der Waals surface area (Å²) < 4.78 is 4.63. The number of hydrogen-bond donors (Lipinski definition) is 0. The summed E-state index contributed by atoms with van der Waals surface area (Å²) in [5, 5.41) is 2.55. The summed E-state index contributed by atoms with van der Waals surface area (Å²) in [7, 11) is 0. The summed E-state index contributed by atoms with van der Waals surface area (Å²) in [5.74, 6) is 1.82. The average Bonchev–Trinajstić information content (AvgIpc) is 3.51. The number of benzene rings is 4. The predicted molar refractivity (Wildman–Crippen MR) is 152 cm³/mol. The number of imidazole rings is 1. The van der Waals surface area contributed by atoms with E-state index in [1.54, 1.807) is 0 Å². The van der Waals surface area contributed by atoms with Gasteiger partial charge in [0.2, 0.25) is 0 Å². The molecule has 0 radical (unpaired) electrons. The van der Waals surface area contributed by atoms with Gasteiger partial charge in [0.15, 0.2) is 0 Å². The quantitative estimate of drug-likeness (QED) is 0.247. The first-order valence-corrected chi connectivity index (χ1v) is 12.8. The maximum Gasteiger partial charge on any atom is 0.144 e. The second-order valence-electron chi connectivity index (χ2n) is 10.1. The predicted octanol–water partition coefficient (Wildman–Crippen LogP) is 8.88. The van der Waals surface area contributed by atoms with Crippen molar-refractivity contribution in [1.82, 2.24) is 14.1 Å². The molecule has 2 heterocycles. The number of hydrogen-bond acceptors (Lipinski definition) is 1. The fourth-order valence-electron chi connectivity index (χ4n) is 5.45. The maximum atomic E-state index is 4.81. The van der Waals surface area contributed by atoms with E-state index in [-0.39, 0.29) is 0 Å². The van der Waals surface area contributed by atoms with Gasteiger partial charge in [-0.05, 0) is 59.4 Å². The van der Waals surface area contributed by atoms with Crippen LogP contribution >= 0.6 is 0 Å². The molecule has 0 N–H and O–H groups in total. The molecule has 6 rings (SSSR count). The molecule has 3 nitrogen and oxygen atoms in total. The van der Waals surface area contributed by atoms with Gasteiger partial charge in [-0.15, -0.1) is 0 Å². The van der Waals surface area contributed by atoms with E-state index in [0.717, 1.165) is 17.1 Å². The van der Waals surface area contributed by atoms with Crippen LogP contribution in [0.1, 0.15) is 50.7 Å². The smallest absolute Gasteiger partial charge is 0.144 e. The van der Waals surface area contributed by atoms with Gasteiger partial charge in [0.25, 0.3) is 0 Å². The van der Waals surface area contributed by atoms with Gasteiger partial charge in [0.05, 0.1) is 16.7 Å². The molecule has 0 fully saturated rings. The lowest BCUT2D eigenvalue weighted by atomic mass is 9.92. The Bertz CT molecular complexity index is 1600. The van der Waals surface area contributed by atoms with Gasteiger partial charge in [-0.2, -0.15) is 0 Å². The van der Waals surface area contributed by atoms with E-state index in [0.29, 0.717) is 11.8 Å². The molecular formula is C33H31N3. The average molecular weight is 470 g/mol. The number of nitrogens with zero attached hydrogens (tertiary/aromatic N) is 3. The molecule has 0 aliphatic rings. The molecule has 178 valence electrons. The maximum absolute atomic E-state index is 4.81. The summed E-state index contributed by atoms with van der Waals surface area (Å²) in [6, 6.07) is 32.8. The molecule has 3 heteroatoms. The van der Waals surface area contributed by atoms with Crippen LogP contribution in [0, 0.1) is 0 Å². The molecule has 2 aromatic heterocycles. The van der Waals surface area contributed by atoms with E-state index in [9.17, 15) is 0 Å². The van der Waals surface area contributed by atoms with Crippen LogP contribution in [0.15, 0.2) is 103 Å². The summed E-state index contributed by atoms with van der Waals surface area (Å²) in [6.07, 6.45) is 4.01. The molecule has 0 spiro atoms. The summed E-state index contributed by atoms with van der Waals surface area (Å²) in [6.45, 7) is 9.06. The van der Waals surface area contributed by atoms with Crippen molar-refractivity contribution in [2.75, 3.05) is 0 Å². The first-order chi connectivity index (χ1) is 17.5. The van der Waals surface area contributed by atoms with Gasteiger partial charge in [0, 0.05) is 34.4 Å². The van der Waals surface area contributed by atoms with Crippen molar-refractivity contribution >= 4 is 21.8 Å². The van der Waals surface area contributed by atoms with Crippen LogP contribution in [-0.2, 0) is 0 Å². The summed E-state index contributed by atoms with van der Waals surface area (Å²) in [4.78, 5) is 4.81. The minimum atomic E-state index is 0.423. The second-order valence-corrected chi connectivity index (χ2v) is 10.1. The Hall–Kier alpha value is -4.11. The van der Waals surface area contributed by atoms with Crippen LogP contribution in [0.4, 0.5) is 0 Å². The van der Waals surface area contributed by atoms with Crippen molar-refractivity contribution in [2.24, 2.45) is 0 Å². The van der Waals surface area contributed by atoms with E-state index >= 15 is 0 Å². The molecule has 36 heavy (non-hydrogen) atoms. The number of para-hydroxylation sites is 3. The van der Waals surface area contributed by atoms with Gasteiger partial charge < -0.3 is 4.57 Å². The minimum Gasteiger partial charge on any atom is -0.309 e. The zero-order valence-corrected chi connectivity index (χ0v) is 21.3. The molecular weight excluding hydrogens is 438 g/mol. The van der Waals surface area contributed by atoms with E-state index < -0.39 is 0 Å². The molecule has 0 saturated carbocycles. The molecule has 0 atom stereocenters. The molecule has 0 saturated heterocycles. The van der Waals surface area contributed by atoms with E-state index in [4.69, 9.17) is 4.98 Å². The number of fused-ring (bicyclic) bond motifs is 3. The lowest BCUT2D eigenvalue weighted by Gasteiger charge is -2.21. The number of aromatic nitrogens is 3. The normalized spacial score (nSPS) is 11.8. The Kier molecular flexibility index (Phi) is 5.49. The summed E-state index contributed by atoms with van der Waals surface area (Å²) in [5.41, 5.74) is 8.67. The first kappa shape index (κ1) is 22.4. The highest BCUT2D eigenvalue weighted by Crippen LogP contribution is 2.35. The Morgan fingerprint density at radius 2 is 1.17 bits per heavy atom. The van der Waals surface area contributed by atoms with E-state index in [1.165, 1.54) is 38.6 Å². The van der Waals surface area contributed by atoms with Crippen LogP contribution in [0.25, 0.3) is 44.6 Å². The van der Waals surface area contributed by atoms with E-state index in [1.807, 2.05) is 6.20 Å². The lowest BCUT2D eigenvalue weighted by molar-refractivity contribution is 0.807. The van der Waals surface area contributed by atoms with Gasteiger partial charge >= 0.3 is 0 Å². The van der Waals surface area contributed by atoms with Crippen molar-refractivity contribution in [2.45, 2.75) is 39.5 Å². The zero-order valence-electron chi connectivity index (χ0n) is 21.3. The van der Waals surface area contributed by atoms with Crippen molar-refractivity contribution < 1.29 is 0 Å². The van der Waals surface area contributed by atoms with Gasteiger partial charge in [-0.3, -0.25) is 4.57 Å². The first-order valence-electron chi connectivity index (χ1n) is 12.8. The highest BCUT2D eigenvalue weighted by atomic mass is 15.1. The highest BCUT2D eigenvalue weighted by molar-refractivity contribution is 6.09. The Morgan fingerprint density at radius 3 is 1.72 bits per heavy atom. The van der Waals surface area contributed by atoms with Crippen LogP contribution in [0.3, 0.4) is 0 Å². The monoisotopic (exact) mass is 469 g/mol. The molecule has 0 aliphatic carbocycles. The topological polar surface area (TPSA) is 22.8 Å².